The summed E-state index contributed by atoms with van der Waals surface area (Å²) >= 11 is 0. The van der Waals surface area contributed by atoms with E-state index >= 15 is 0 Å². The lowest BCUT2D eigenvalue weighted by Crippen LogP contribution is -2.30. The van der Waals surface area contributed by atoms with Gasteiger partial charge in [0.25, 0.3) is 0 Å². The van der Waals surface area contributed by atoms with Gasteiger partial charge in [0.2, 0.25) is 0 Å². The van der Waals surface area contributed by atoms with Crippen LogP contribution in [0.4, 0.5) is 0 Å². The van der Waals surface area contributed by atoms with E-state index in [2.05, 4.69) is 48.2 Å². The van der Waals surface area contributed by atoms with Crippen molar-refractivity contribution >= 4 is 0 Å². The largest absolute Gasteiger partial charge is 0.459 e. The van der Waals surface area contributed by atoms with Crippen molar-refractivity contribution in [2.75, 3.05) is 6.54 Å². The van der Waals surface area contributed by atoms with Crippen molar-refractivity contribution in [3.05, 3.63) is 59.0 Å². The topological polar surface area (TPSA) is 16.4 Å². The second-order valence-corrected chi connectivity index (χ2v) is 11.3. The first-order valence-electron chi connectivity index (χ1n) is 14.4. The summed E-state index contributed by atoms with van der Waals surface area (Å²) in [5.74, 6) is 3.14. The number of fused-ring (bicyclic) bond motifs is 4. The van der Waals surface area contributed by atoms with Crippen molar-refractivity contribution in [3.8, 4) is 11.3 Å². The third-order valence-electron chi connectivity index (χ3n) is 8.58. The second-order valence-electron chi connectivity index (χ2n) is 11.3. The summed E-state index contributed by atoms with van der Waals surface area (Å²) in [7, 11) is 0. The second kappa shape index (κ2) is 11.6. The minimum Gasteiger partial charge on any atom is -0.459 e. The number of hydrogen-bond acceptors (Lipinski definition) is 2. The van der Waals surface area contributed by atoms with E-state index in [1.807, 2.05) is 0 Å². The first-order valence-corrected chi connectivity index (χ1v) is 14.4. The maximum absolute atomic E-state index is 6.82. The molecule has 5 rings (SSSR count). The van der Waals surface area contributed by atoms with Crippen LogP contribution in [0, 0.1) is 5.92 Å². The van der Waals surface area contributed by atoms with Crippen LogP contribution in [0.25, 0.3) is 11.3 Å². The summed E-state index contributed by atoms with van der Waals surface area (Å²) in [4.78, 5) is 2.88. The predicted molar refractivity (Wildman–Crippen MR) is 143 cm³/mol. The van der Waals surface area contributed by atoms with Crippen LogP contribution in [-0.4, -0.2) is 11.4 Å². The maximum Gasteiger partial charge on any atom is 0.134 e. The fraction of sp³-hybridized carbons (Fsp3) is 0.625. The Kier molecular flexibility index (Phi) is 8.14. The summed E-state index contributed by atoms with van der Waals surface area (Å²) in [6.07, 6.45) is 21.4. The molecular weight excluding hydrogens is 414 g/mol. The third-order valence-corrected chi connectivity index (χ3v) is 8.58. The fourth-order valence-electron chi connectivity index (χ4n) is 6.66. The Bertz CT molecular complexity index is 939. The average molecular weight is 460 g/mol. The summed E-state index contributed by atoms with van der Waals surface area (Å²) < 4.78 is 6.82. The van der Waals surface area contributed by atoms with Crippen molar-refractivity contribution in [2.24, 2.45) is 5.92 Å². The molecule has 0 amide bonds. The number of allylic oxidation sites excluding steroid dienone is 2. The lowest BCUT2D eigenvalue weighted by atomic mass is 9.89. The van der Waals surface area contributed by atoms with Gasteiger partial charge in [0.15, 0.2) is 0 Å². The summed E-state index contributed by atoms with van der Waals surface area (Å²) in [6.45, 7) is 3.71. The van der Waals surface area contributed by atoms with E-state index < -0.39 is 0 Å². The highest BCUT2D eigenvalue weighted by Crippen LogP contribution is 2.44. The van der Waals surface area contributed by atoms with Gasteiger partial charge in [-0.15, -0.1) is 0 Å². The molecule has 1 aromatic heterocycles. The molecule has 0 N–H and O–H groups in total. The zero-order valence-corrected chi connectivity index (χ0v) is 21.5. The minimum atomic E-state index is 0.410. The SMILES string of the molecule is CC1CCCCCCC2=C(C1)N1CCCCCCCCCC1c1oc(-c3ccccc3)cc1C2. The Balaban J connectivity index is 1.58. The van der Waals surface area contributed by atoms with E-state index in [4.69, 9.17) is 4.42 Å². The van der Waals surface area contributed by atoms with Crippen molar-refractivity contribution < 1.29 is 4.42 Å². The Hall–Kier alpha value is -1.96. The van der Waals surface area contributed by atoms with E-state index in [1.165, 1.54) is 120 Å². The number of benzene rings is 1. The van der Waals surface area contributed by atoms with Gasteiger partial charge in [0.05, 0.1) is 6.04 Å². The van der Waals surface area contributed by atoms with Gasteiger partial charge in [-0.3, -0.25) is 0 Å². The summed E-state index contributed by atoms with van der Waals surface area (Å²) in [6, 6.07) is 13.6. The van der Waals surface area contributed by atoms with Gasteiger partial charge in [-0.05, 0) is 56.1 Å². The molecule has 2 aromatic rings. The highest BCUT2D eigenvalue weighted by Gasteiger charge is 2.33. The van der Waals surface area contributed by atoms with Crippen LogP contribution >= 0.6 is 0 Å². The fourth-order valence-corrected chi connectivity index (χ4v) is 6.66. The highest BCUT2D eigenvalue weighted by molar-refractivity contribution is 5.59. The molecule has 2 atom stereocenters. The lowest BCUT2D eigenvalue weighted by Gasteiger charge is -2.36. The van der Waals surface area contributed by atoms with Gasteiger partial charge in [0.1, 0.15) is 11.5 Å². The molecule has 1 aromatic carbocycles. The average Bonchev–Trinajstić information content (AvgIpc) is 3.20. The third kappa shape index (κ3) is 5.64. The molecule has 2 nitrogen and oxygen atoms in total. The number of hydrogen-bond donors (Lipinski definition) is 0. The molecule has 1 aliphatic carbocycles. The molecule has 1 fully saturated rings. The molecule has 34 heavy (non-hydrogen) atoms. The maximum atomic E-state index is 6.82. The van der Waals surface area contributed by atoms with E-state index in [0.717, 1.165) is 18.1 Å². The predicted octanol–water partition coefficient (Wildman–Crippen LogP) is 9.61. The Morgan fingerprint density at radius 1 is 0.794 bits per heavy atom. The van der Waals surface area contributed by atoms with Crippen LogP contribution in [0.2, 0.25) is 0 Å². The van der Waals surface area contributed by atoms with Crippen LogP contribution in [0.3, 0.4) is 0 Å². The van der Waals surface area contributed by atoms with Gasteiger partial charge in [-0.25, -0.2) is 0 Å². The number of rotatable bonds is 1. The van der Waals surface area contributed by atoms with Crippen LogP contribution in [0.15, 0.2) is 52.1 Å². The number of furan rings is 1. The minimum absolute atomic E-state index is 0.410. The van der Waals surface area contributed by atoms with E-state index in [9.17, 15) is 0 Å². The molecule has 3 heterocycles. The van der Waals surface area contributed by atoms with E-state index in [0.29, 0.717) is 6.04 Å². The van der Waals surface area contributed by atoms with Crippen LogP contribution in [0.5, 0.6) is 0 Å². The molecule has 2 aliphatic heterocycles. The zero-order valence-electron chi connectivity index (χ0n) is 21.5. The van der Waals surface area contributed by atoms with Gasteiger partial charge in [0, 0.05) is 23.4 Å². The number of nitrogens with zero attached hydrogens (tertiary/aromatic N) is 1. The van der Waals surface area contributed by atoms with Gasteiger partial charge >= 0.3 is 0 Å². The summed E-state index contributed by atoms with van der Waals surface area (Å²) in [5, 5.41) is 0. The molecule has 0 spiro atoms. The Morgan fingerprint density at radius 3 is 2.32 bits per heavy atom. The van der Waals surface area contributed by atoms with Crippen LogP contribution in [0.1, 0.15) is 121 Å². The molecule has 0 saturated carbocycles. The van der Waals surface area contributed by atoms with Gasteiger partial charge < -0.3 is 9.32 Å². The normalized spacial score (nSPS) is 25.4. The Labute approximate surface area is 207 Å². The first-order chi connectivity index (χ1) is 16.8. The Morgan fingerprint density at radius 2 is 1.50 bits per heavy atom. The van der Waals surface area contributed by atoms with Crippen molar-refractivity contribution in [2.45, 2.75) is 116 Å². The molecule has 184 valence electrons. The molecule has 0 bridgehead atoms. The monoisotopic (exact) mass is 459 g/mol. The smallest absolute Gasteiger partial charge is 0.134 e. The van der Waals surface area contributed by atoms with E-state index in [-0.39, 0.29) is 0 Å². The molecule has 2 heteroatoms. The summed E-state index contributed by atoms with van der Waals surface area (Å²) in [5.41, 5.74) is 6.13. The highest BCUT2D eigenvalue weighted by atomic mass is 16.3. The van der Waals surface area contributed by atoms with Gasteiger partial charge in [-0.1, -0.05) is 101 Å². The molecule has 1 saturated heterocycles. The van der Waals surface area contributed by atoms with Crippen LogP contribution in [-0.2, 0) is 6.42 Å². The quantitative estimate of drug-likeness (QED) is 0.422. The van der Waals surface area contributed by atoms with Crippen LogP contribution < -0.4 is 0 Å². The first kappa shape index (κ1) is 23.8. The molecule has 0 radical (unpaired) electrons. The van der Waals surface area contributed by atoms with Gasteiger partial charge in [-0.2, -0.15) is 0 Å². The van der Waals surface area contributed by atoms with Crippen molar-refractivity contribution in [1.82, 2.24) is 4.90 Å². The lowest BCUT2D eigenvalue weighted by molar-refractivity contribution is 0.194. The van der Waals surface area contributed by atoms with Crippen molar-refractivity contribution in [3.63, 3.8) is 0 Å². The van der Waals surface area contributed by atoms with E-state index in [1.54, 1.807) is 11.3 Å². The molecular formula is C32H45NO. The molecule has 3 aliphatic rings. The zero-order chi connectivity index (χ0) is 23.2. The molecule has 2 unspecified atom stereocenters. The van der Waals surface area contributed by atoms with Crippen molar-refractivity contribution in [1.29, 1.82) is 0 Å². The standard InChI is InChI=1S/C32H45NO/c1-25-16-10-6-7-11-19-27-23-28-24-31(26-17-12-9-13-18-26)34-32(28)29-20-14-5-3-2-4-8-15-21-33(29)30(27)22-25/h9,12-13,17-18,24-25,29H,2-8,10-11,14-16,19-23H2,1H3.